The van der Waals surface area contributed by atoms with E-state index in [4.69, 9.17) is 0 Å². The van der Waals surface area contributed by atoms with Crippen LogP contribution in [0.1, 0.15) is 6.42 Å². The van der Waals surface area contributed by atoms with Gasteiger partial charge in [-0.2, -0.15) is 0 Å². The summed E-state index contributed by atoms with van der Waals surface area (Å²) in [6.07, 6.45) is 0.491. The van der Waals surface area contributed by atoms with E-state index in [1.54, 1.807) is 12.1 Å². The van der Waals surface area contributed by atoms with Crippen LogP contribution in [-0.4, -0.2) is 32.0 Å². The summed E-state index contributed by atoms with van der Waals surface area (Å²) in [6.45, 7) is 0. The van der Waals surface area contributed by atoms with Gasteiger partial charge in [-0.3, -0.25) is 0 Å². The number of sulfone groups is 1. The van der Waals surface area contributed by atoms with Gasteiger partial charge in [0.15, 0.2) is 9.84 Å². The smallest absolute Gasteiger partial charge is 0.319 e. The van der Waals surface area contributed by atoms with Crippen LogP contribution in [0.2, 0.25) is 0 Å². The molecule has 0 aliphatic carbocycles. The van der Waals surface area contributed by atoms with Gasteiger partial charge in [-0.1, -0.05) is 18.2 Å². The predicted octanol–water partition coefficient (Wildman–Crippen LogP) is 0.995. The van der Waals surface area contributed by atoms with Crippen molar-refractivity contribution < 1.29 is 13.2 Å². The van der Waals surface area contributed by atoms with Gasteiger partial charge in [-0.15, -0.1) is 0 Å². The third-order valence-electron chi connectivity index (χ3n) is 2.60. The van der Waals surface area contributed by atoms with Crippen molar-refractivity contribution in [3.63, 3.8) is 0 Å². The monoisotopic (exact) mass is 254 g/mol. The Morgan fingerprint density at radius 1 is 1.24 bits per heavy atom. The molecule has 5 nitrogen and oxygen atoms in total. The molecule has 1 saturated heterocycles. The normalized spacial score (nSPS) is 22.0. The van der Waals surface area contributed by atoms with E-state index in [1.165, 1.54) is 0 Å². The van der Waals surface area contributed by atoms with Crippen molar-refractivity contribution in [3.8, 4) is 0 Å². The van der Waals surface area contributed by atoms with Crippen molar-refractivity contribution >= 4 is 21.6 Å². The Hall–Kier alpha value is -1.56. The second-order valence-corrected chi connectivity index (χ2v) is 6.29. The first-order valence-electron chi connectivity index (χ1n) is 5.38. The van der Waals surface area contributed by atoms with Crippen LogP contribution >= 0.6 is 0 Å². The molecule has 1 aromatic rings. The molecule has 1 heterocycles. The number of carbonyl (C=O) groups excluding carboxylic acids is 1. The Labute approximate surface area is 100 Å². The zero-order chi connectivity index (χ0) is 12.3. The lowest BCUT2D eigenvalue weighted by Crippen LogP contribution is -2.38. The summed E-state index contributed by atoms with van der Waals surface area (Å²) in [5, 5.41) is 5.31. The van der Waals surface area contributed by atoms with E-state index >= 15 is 0 Å². The molecule has 1 unspecified atom stereocenters. The lowest BCUT2D eigenvalue weighted by molar-refractivity contribution is 0.249. The molecule has 2 amide bonds. The molecule has 0 bridgehead atoms. The zero-order valence-corrected chi connectivity index (χ0v) is 10.0. The Morgan fingerprint density at radius 2 is 1.94 bits per heavy atom. The largest absolute Gasteiger partial charge is 0.334 e. The number of para-hydroxylation sites is 1. The summed E-state index contributed by atoms with van der Waals surface area (Å²) in [7, 11) is -2.96. The summed E-state index contributed by atoms with van der Waals surface area (Å²) in [6, 6.07) is 8.38. The Kier molecular flexibility index (Phi) is 3.33. The second-order valence-electron chi connectivity index (χ2n) is 4.06. The fourth-order valence-electron chi connectivity index (χ4n) is 1.78. The molecule has 1 fully saturated rings. The average molecular weight is 254 g/mol. The number of nitrogens with one attached hydrogen (secondary N) is 2. The standard InChI is InChI=1S/C11H14N2O3S/c14-11(12-9-4-2-1-3-5-9)13-10-6-7-17(15,16)8-10/h1-5,10H,6-8H2,(H2,12,13,14). The minimum absolute atomic E-state index is 0.0369. The lowest BCUT2D eigenvalue weighted by atomic mass is 10.3. The van der Waals surface area contributed by atoms with Crippen LogP contribution in [-0.2, 0) is 9.84 Å². The van der Waals surface area contributed by atoms with Crippen molar-refractivity contribution in [2.45, 2.75) is 12.5 Å². The van der Waals surface area contributed by atoms with E-state index in [0.29, 0.717) is 12.1 Å². The highest BCUT2D eigenvalue weighted by molar-refractivity contribution is 7.91. The quantitative estimate of drug-likeness (QED) is 0.826. The minimum Gasteiger partial charge on any atom is -0.334 e. The van der Waals surface area contributed by atoms with Gasteiger partial charge in [0.05, 0.1) is 11.5 Å². The van der Waals surface area contributed by atoms with Gasteiger partial charge in [0.2, 0.25) is 0 Å². The molecular formula is C11H14N2O3S. The lowest BCUT2D eigenvalue weighted by Gasteiger charge is -2.11. The van der Waals surface area contributed by atoms with E-state index in [0.717, 1.165) is 0 Å². The topological polar surface area (TPSA) is 75.3 Å². The summed E-state index contributed by atoms with van der Waals surface area (Å²) in [4.78, 5) is 11.6. The minimum atomic E-state index is -2.96. The van der Waals surface area contributed by atoms with Crippen LogP contribution in [0.5, 0.6) is 0 Å². The van der Waals surface area contributed by atoms with Gasteiger partial charge < -0.3 is 10.6 Å². The zero-order valence-electron chi connectivity index (χ0n) is 9.22. The Balaban J connectivity index is 1.87. The predicted molar refractivity (Wildman–Crippen MR) is 65.7 cm³/mol. The highest BCUT2D eigenvalue weighted by atomic mass is 32.2. The van der Waals surface area contributed by atoms with Crippen molar-refractivity contribution in [2.75, 3.05) is 16.8 Å². The Morgan fingerprint density at radius 3 is 2.53 bits per heavy atom. The highest BCUT2D eigenvalue weighted by Gasteiger charge is 2.28. The van der Waals surface area contributed by atoms with Crippen LogP contribution in [0.15, 0.2) is 30.3 Å². The molecule has 0 saturated carbocycles. The van der Waals surface area contributed by atoms with Crippen molar-refractivity contribution in [1.29, 1.82) is 0 Å². The number of carbonyl (C=O) groups is 1. The molecule has 0 spiro atoms. The number of anilines is 1. The van der Waals surface area contributed by atoms with E-state index in [1.807, 2.05) is 18.2 Å². The first-order valence-corrected chi connectivity index (χ1v) is 7.20. The van der Waals surface area contributed by atoms with Crippen LogP contribution in [0, 0.1) is 0 Å². The van der Waals surface area contributed by atoms with Gasteiger partial charge in [-0.05, 0) is 18.6 Å². The maximum atomic E-state index is 11.6. The van der Waals surface area contributed by atoms with E-state index in [2.05, 4.69) is 10.6 Å². The SMILES string of the molecule is O=C(Nc1ccccc1)NC1CCS(=O)(=O)C1. The van der Waals surface area contributed by atoms with Gasteiger partial charge >= 0.3 is 6.03 Å². The fourth-order valence-corrected chi connectivity index (χ4v) is 3.46. The molecule has 2 N–H and O–H groups in total. The summed E-state index contributed by atoms with van der Waals surface area (Å²) >= 11 is 0. The second kappa shape index (κ2) is 4.75. The number of hydrogen-bond donors (Lipinski definition) is 2. The Bertz CT molecular complexity index is 499. The summed E-state index contributed by atoms with van der Waals surface area (Å²) in [5.74, 6) is 0.193. The molecule has 0 aromatic heterocycles. The summed E-state index contributed by atoms with van der Waals surface area (Å²) < 4.78 is 22.4. The third-order valence-corrected chi connectivity index (χ3v) is 4.37. The fraction of sp³-hybridized carbons (Fsp3) is 0.364. The van der Waals surface area contributed by atoms with Crippen LogP contribution < -0.4 is 10.6 Å². The number of hydrogen-bond acceptors (Lipinski definition) is 3. The van der Waals surface area contributed by atoms with Crippen molar-refractivity contribution in [3.05, 3.63) is 30.3 Å². The molecule has 1 aliphatic heterocycles. The molecule has 1 aliphatic rings. The van der Waals surface area contributed by atoms with E-state index in [-0.39, 0.29) is 23.6 Å². The molecule has 6 heteroatoms. The van der Waals surface area contributed by atoms with Crippen LogP contribution in [0.3, 0.4) is 0 Å². The van der Waals surface area contributed by atoms with Gasteiger partial charge in [0, 0.05) is 11.7 Å². The molecule has 92 valence electrons. The number of benzene rings is 1. The molecule has 1 atom stereocenters. The van der Waals surface area contributed by atoms with Gasteiger partial charge in [-0.25, -0.2) is 13.2 Å². The number of rotatable bonds is 2. The summed E-state index contributed by atoms with van der Waals surface area (Å²) in [5.41, 5.74) is 0.686. The number of amides is 2. The first-order chi connectivity index (χ1) is 8.05. The molecule has 0 radical (unpaired) electrons. The molecule has 1 aromatic carbocycles. The van der Waals surface area contributed by atoms with Crippen molar-refractivity contribution in [1.82, 2.24) is 5.32 Å². The van der Waals surface area contributed by atoms with Crippen LogP contribution in [0.4, 0.5) is 10.5 Å². The molecule has 17 heavy (non-hydrogen) atoms. The van der Waals surface area contributed by atoms with E-state index < -0.39 is 9.84 Å². The molecular weight excluding hydrogens is 240 g/mol. The van der Waals surface area contributed by atoms with Gasteiger partial charge in [0.1, 0.15) is 0 Å². The highest BCUT2D eigenvalue weighted by Crippen LogP contribution is 2.11. The third kappa shape index (κ3) is 3.45. The molecule has 2 rings (SSSR count). The number of urea groups is 1. The first kappa shape index (κ1) is 11.9. The van der Waals surface area contributed by atoms with Gasteiger partial charge in [0.25, 0.3) is 0 Å². The maximum Gasteiger partial charge on any atom is 0.319 e. The van der Waals surface area contributed by atoms with Crippen molar-refractivity contribution in [2.24, 2.45) is 0 Å². The maximum absolute atomic E-state index is 11.6. The van der Waals surface area contributed by atoms with E-state index in [9.17, 15) is 13.2 Å². The average Bonchev–Trinajstić information content (AvgIpc) is 2.59. The van der Waals surface area contributed by atoms with Crippen LogP contribution in [0.25, 0.3) is 0 Å².